The molecule has 120 valence electrons. The van der Waals surface area contributed by atoms with Crippen molar-refractivity contribution in [2.75, 3.05) is 7.11 Å². The van der Waals surface area contributed by atoms with Gasteiger partial charge in [-0.1, -0.05) is 27.7 Å². The largest absolute Gasteiger partial charge is 0.496 e. The predicted molar refractivity (Wildman–Crippen MR) is 87.8 cm³/mol. The van der Waals surface area contributed by atoms with Crippen molar-refractivity contribution in [3.8, 4) is 5.75 Å². The summed E-state index contributed by atoms with van der Waals surface area (Å²) in [5.74, 6) is 1.80. The number of nitrogens with zero attached hydrogens (tertiary/aromatic N) is 1. The third-order valence-corrected chi connectivity index (χ3v) is 3.82. The molecule has 3 heteroatoms. The molecule has 0 unspecified atom stereocenters. The monoisotopic (exact) mass is 293 g/mol. The first-order chi connectivity index (χ1) is 9.68. The van der Waals surface area contributed by atoms with Gasteiger partial charge in [0.05, 0.1) is 12.7 Å². The Bertz CT molecular complexity index is 457. The van der Waals surface area contributed by atoms with Gasteiger partial charge in [-0.2, -0.15) is 0 Å². The Morgan fingerprint density at radius 1 is 1.14 bits per heavy atom. The van der Waals surface area contributed by atoms with Gasteiger partial charge in [-0.3, -0.25) is 4.98 Å². The maximum Gasteiger partial charge on any atom is 0.128 e. The van der Waals surface area contributed by atoms with Crippen LogP contribution in [0.15, 0.2) is 6.20 Å². The molecule has 1 rings (SSSR count). The SMILES string of the molecule is COc1c(C)cnc(CC(O)(CC(C)C)CC(C)C)c1C. The summed E-state index contributed by atoms with van der Waals surface area (Å²) < 4.78 is 5.47. The Morgan fingerprint density at radius 3 is 2.10 bits per heavy atom. The van der Waals surface area contributed by atoms with Gasteiger partial charge in [0.25, 0.3) is 0 Å². The number of pyridine rings is 1. The molecule has 0 radical (unpaired) electrons. The maximum absolute atomic E-state index is 11.1. The van der Waals surface area contributed by atoms with Crippen LogP contribution in [-0.2, 0) is 6.42 Å². The van der Waals surface area contributed by atoms with Crippen LogP contribution < -0.4 is 4.74 Å². The topological polar surface area (TPSA) is 42.4 Å². The van der Waals surface area contributed by atoms with Crippen LogP contribution in [0, 0.1) is 25.7 Å². The average molecular weight is 293 g/mol. The van der Waals surface area contributed by atoms with Crippen molar-refractivity contribution >= 4 is 0 Å². The number of hydrogen-bond acceptors (Lipinski definition) is 3. The van der Waals surface area contributed by atoms with Crippen LogP contribution in [0.3, 0.4) is 0 Å². The van der Waals surface area contributed by atoms with E-state index in [1.807, 2.05) is 20.0 Å². The summed E-state index contributed by atoms with van der Waals surface area (Å²) in [6, 6.07) is 0. The van der Waals surface area contributed by atoms with E-state index in [0.29, 0.717) is 18.3 Å². The molecule has 0 saturated carbocycles. The Labute approximate surface area is 129 Å². The molecule has 3 nitrogen and oxygen atoms in total. The molecule has 1 aromatic heterocycles. The highest BCUT2D eigenvalue weighted by molar-refractivity contribution is 5.41. The van der Waals surface area contributed by atoms with Gasteiger partial charge in [0.15, 0.2) is 0 Å². The Hall–Kier alpha value is -1.09. The number of methoxy groups -OCH3 is 1. The second-order valence-corrected chi connectivity index (χ2v) is 7.14. The predicted octanol–water partition coefficient (Wildman–Crippen LogP) is 4.07. The van der Waals surface area contributed by atoms with E-state index in [1.54, 1.807) is 7.11 Å². The van der Waals surface area contributed by atoms with Crippen molar-refractivity contribution < 1.29 is 9.84 Å². The molecule has 0 aromatic carbocycles. The molecule has 0 aliphatic carbocycles. The molecular weight excluding hydrogens is 262 g/mol. The molecule has 0 bridgehead atoms. The number of ether oxygens (including phenoxy) is 1. The molecule has 0 atom stereocenters. The molecule has 1 aromatic rings. The maximum atomic E-state index is 11.1. The van der Waals surface area contributed by atoms with E-state index >= 15 is 0 Å². The van der Waals surface area contributed by atoms with Crippen molar-refractivity contribution in [2.24, 2.45) is 11.8 Å². The van der Waals surface area contributed by atoms with E-state index in [2.05, 4.69) is 32.7 Å². The van der Waals surface area contributed by atoms with Crippen LogP contribution in [0.5, 0.6) is 5.75 Å². The van der Waals surface area contributed by atoms with Gasteiger partial charge < -0.3 is 9.84 Å². The molecular formula is C18H31NO2. The summed E-state index contributed by atoms with van der Waals surface area (Å²) in [6.07, 6.45) is 4.02. The number of hydrogen-bond donors (Lipinski definition) is 1. The normalized spacial score (nSPS) is 12.3. The van der Waals surface area contributed by atoms with Gasteiger partial charge in [0, 0.05) is 29.4 Å². The van der Waals surface area contributed by atoms with Crippen molar-refractivity contribution in [1.29, 1.82) is 0 Å². The van der Waals surface area contributed by atoms with Crippen LogP contribution in [-0.4, -0.2) is 22.8 Å². The van der Waals surface area contributed by atoms with Gasteiger partial charge in [0.1, 0.15) is 5.75 Å². The van der Waals surface area contributed by atoms with Crippen LogP contribution in [0.2, 0.25) is 0 Å². The van der Waals surface area contributed by atoms with Crippen molar-refractivity contribution in [3.05, 3.63) is 23.0 Å². The van der Waals surface area contributed by atoms with Crippen LogP contribution in [0.1, 0.15) is 57.4 Å². The number of rotatable bonds is 7. The lowest BCUT2D eigenvalue weighted by Gasteiger charge is -2.32. The lowest BCUT2D eigenvalue weighted by atomic mass is 9.81. The van der Waals surface area contributed by atoms with E-state index < -0.39 is 5.60 Å². The Morgan fingerprint density at radius 2 is 1.67 bits per heavy atom. The quantitative estimate of drug-likeness (QED) is 0.824. The molecule has 0 saturated heterocycles. The minimum absolute atomic E-state index is 0.460. The molecule has 0 spiro atoms. The van der Waals surface area contributed by atoms with E-state index in [-0.39, 0.29) is 0 Å². The Kier molecular flexibility index (Phi) is 6.21. The van der Waals surface area contributed by atoms with Gasteiger partial charge in [-0.05, 0) is 38.5 Å². The van der Waals surface area contributed by atoms with Crippen molar-refractivity contribution in [2.45, 2.75) is 66.4 Å². The summed E-state index contributed by atoms with van der Waals surface area (Å²) in [6.45, 7) is 12.6. The summed E-state index contributed by atoms with van der Waals surface area (Å²) >= 11 is 0. The number of aryl methyl sites for hydroxylation is 1. The van der Waals surface area contributed by atoms with Crippen molar-refractivity contribution in [3.63, 3.8) is 0 Å². The van der Waals surface area contributed by atoms with E-state index in [4.69, 9.17) is 4.74 Å². The molecule has 21 heavy (non-hydrogen) atoms. The van der Waals surface area contributed by atoms with Gasteiger partial charge in [-0.25, -0.2) is 0 Å². The molecule has 0 aliphatic heterocycles. The van der Waals surface area contributed by atoms with Gasteiger partial charge >= 0.3 is 0 Å². The lowest BCUT2D eigenvalue weighted by molar-refractivity contribution is -0.000241. The zero-order chi connectivity index (χ0) is 16.2. The summed E-state index contributed by atoms with van der Waals surface area (Å²) in [5, 5.41) is 11.1. The third-order valence-electron chi connectivity index (χ3n) is 3.82. The van der Waals surface area contributed by atoms with E-state index in [0.717, 1.165) is 35.4 Å². The zero-order valence-corrected chi connectivity index (χ0v) is 14.7. The number of aromatic nitrogens is 1. The van der Waals surface area contributed by atoms with Crippen LogP contribution >= 0.6 is 0 Å². The fourth-order valence-corrected chi connectivity index (χ4v) is 3.31. The highest BCUT2D eigenvalue weighted by Gasteiger charge is 2.31. The van der Waals surface area contributed by atoms with Gasteiger partial charge in [-0.15, -0.1) is 0 Å². The Balaban J connectivity index is 3.09. The molecule has 1 heterocycles. The third kappa shape index (κ3) is 4.99. The fourth-order valence-electron chi connectivity index (χ4n) is 3.31. The zero-order valence-electron chi connectivity index (χ0n) is 14.7. The second-order valence-electron chi connectivity index (χ2n) is 7.14. The summed E-state index contributed by atoms with van der Waals surface area (Å²) in [4.78, 5) is 4.55. The van der Waals surface area contributed by atoms with Crippen LogP contribution in [0.4, 0.5) is 0 Å². The summed E-state index contributed by atoms with van der Waals surface area (Å²) in [7, 11) is 1.69. The molecule has 0 aliphatic rings. The molecule has 0 fully saturated rings. The van der Waals surface area contributed by atoms with E-state index in [9.17, 15) is 5.11 Å². The second kappa shape index (κ2) is 7.26. The molecule has 0 amide bonds. The lowest BCUT2D eigenvalue weighted by Crippen LogP contribution is -2.35. The van der Waals surface area contributed by atoms with E-state index in [1.165, 1.54) is 0 Å². The minimum Gasteiger partial charge on any atom is -0.496 e. The highest BCUT2D eigenvalue weighted by atomic mass is 16.5. The highest BCUT2D eigenvalue weighted by Crippen LogP contribution is 2.32. The van der Waals surface area contributed by atoms with Gasteiger partial charge in [0.2, 0.25) is 0 Å². The average Bonchev–Trinajstić information content (AvgIpc) is 2.31. The smallest absolute Gasteiger partial charge is 0.128 e. The fraction of sp³-hybridized carbons (Fsp3) is 0.722. The number of aliphatic hydroxyl groups is 1. The standard InChI is InChI=1S/C18H31NO2/c1-12(2)8-18(20,9-13(3)4)10-16-15(6)17(21-7)14(5)11-19-16/h11-13,20H,8-10H2,1-7H3. The minimum atomic E-state index is -0.694. The first-order valence-electron chi connectivity index (χ1n) is 7.90. The van der Waals surface area contributed by atoms with Crippen molar-refractivity contribution in [1.82, 2.24) is 4.98 Å². The van der Waals surface area contributed by atoms with Crippen LogP contribution in [0.25, 0.3) is 0 Å². The first-order valence-corrected chi connectivity index (χ1v) is 7.90. The first kappa shape index (κ1) is 18.0. The summed E-state index contributed by atoms with van der Waals surface area (Å²) in [5.41, 5.74) is 2.33. The molecule has 1 N–H and O–H groups in total.